The number of aliphatic imine (C=N–C) groups is 3. The van der Waals surface area contributed by atoms with Crippen LogP contribution in [0.15, 0.2) is 20.1 Å². The highest BCUT2D eigenvalue weighted by Gasteiger charge is 2.02. The van der Waals surface area contributed by atoms with Crippen LogP contribution in [0.25, 0.3) is 0 Å². The Morgan fingerprint density at radius 2 is 1.12 bits per heavy atom. The third-order valence-corrected chi connectivity index (χ3v) is 3.66. The summed E-state index contributed by atoms with van der Waals surface area (Å²) in [7, 11) is 12.4. The molecule has 17 nitrogen and oxygen atoms in total. The van der Waals surface area contributed by atoms with Gasteiger partial charge in [-0.25, -0.2) is 4.79 Å². The second-order valence-corrected chi connectivity index (χ2v) is 8.45. The number of aldehydes is 1. The van der Waals surface area contributed by atoms with Crippen LogP contribution in [-0.2, 0) is 47.8 Å². The van der Waals surface area contributed by atoms with Crippen molar-refractivity contribution in [2.45, 2.75) is 63.8 Å². The van der Waals surface area contributed by atoms with E-state index in [-0.39, 0.29) is 39.1 Å². The first-order chi connectivity index (χ1) is 22.0. The first kappa shape index (κ1) is 76.1. The number of ketones is 1. The fraction of sp³-hybridized carbons (Fsp3) is 0.688. The molecule has 0 radical (unpaired) electrons. The maximum atomic E-state index is 10.0. The molecule has 0 aromatic heterocycles. The molecule has 0 bridgehead atoms. The average molecular weight is 748 g/mol. The molecule has 302 valence electrons. The Morgan fingerprint density at radius 3 is 1.18 bits per heavy atom. The molecule has 1 saturated heterocycles. The van der Waals surface area contributed by atoms with Gasteiger partial charge < -0.3 is 40.2 Å². The Morgan fingerprint density at radius 1 is 0.780 bits per heavy atom. The number of methoxy groups -OCH3 is 2. The topological polar surface area (TPSA) is 244 Å². The van der Waals surface area contributed by atoms with Crippen LogP contribution < -0.4 is 11.5 Å². The van der Waals surface area contributed by atoms with Crippen LogP contribution in [0.3, 0.4) is 0 Å². The lowest BCUT2D eigenvalue weighted by molar-refractivity contribution is -0.138. The predicted molar refractivity (Wildman–Crippen MR) is 213 cm³/mol. The van der Waals surface area contributed by atoms with Gasteiger partial charge in [0.25, 0.3) is 5.91 Å². The maximum absolute atomic E-state index is 10.0. The minimum absolute atomic E-state index is 0. The van der Waals surface area contributed by atoms with Crippen molar-refractivity contribution >= 4 is 71.1 Å². The molecule has 4 N–H and O–H groups in total. The maximum Gasteiger partial charge on any atom is 0.348 e. The van der Waals surface area contributed by atoms with E-state index < -0.39 is 11.9 Å². The Hall–Kier alpha value is -3.87. The van der Waals surface area contributed by atoms with Crippen LogP contribution in [0, 0.1) is 0 Å². The molecular formula is C32H73N7O10S. The standard InChI is InChI=1S/C5H11NO.C4H7NO2.C4H7NO.C4H9NO.C3H6N2O.C3H6O2.C3H6OS.C2H4O.CH5N.3CH4/c1-6-2-4-7-5-3-6;1-5-3-4(6)7-2;1-4(6)3-5-2;1-4(2)5-6-3;1-5-2-3(4)6;2*1-3(4)5-2;1-2-3;1-2;;;/h2-5H2,1H3;3H,1-2H3;3H,1-2H3;1-3H3;2H,1H3,(H2,4,6);2*1-2H3;2H,1H3;2H2,1H3;3*1H4. The van der Waals surface area contributed by atoms with Crippen molar-refractivity contribution in [2.75, 3.05) is 89.1 Å². The summed E-state index contributed by atoms with van der Waals surface area (Å²) in [6.07, 6.45) is 5.96. The van der Waals surface area contributed by atoms with Crippen molar-refractivity contribution in [1.82, 2.24) is 4.90 Å². The van der Waals surface area contributed by atoms with Crippen molar-refractivity contribution in [3.05, 3.63) is 0 Å². The molecule has 0 atom stereocenters. The number of esters is 2. The molecule has 0 saturated carbocycles. The number of oxime groups is 1. The smallest absolute Gasteiger partial charge is 0.348 e. The van der Waals surface area contributed by atoms with Gasteiger partial charge in [-0.1, -0.05) is 39.2 Å². The third-order valence-electron chi connectivity index (χ3n) is 3.09. The highest BCUT2D eigenvalue weighted by atomic mass is 32.2. The van der Waals surface area contributed by atoms with Gasteiger partial charge in [0, 0.05) is 55.0 Å². The Kier molecular flexibility index (Phi) is 115. The van der Waals surface area contributed by atoms with Gasteiger partial charge in [-0.3, -0.25) is 34.2 Å². The van der Waals surface area contributed by atoms with Gasteiger partial charge in [-0.05, 0) is 41.1 Å². The number of nitrogens with two attached hydrogens (primary N) is 2. The first-order valence-corrected chi connectivity index (χ1v) is 14.7. The van der Waals surface area contributed by atoms with Gasteiger partial charge in [0.1, 0.15) is 19.6 Å². The summed E-state index contributed by atoms with van der Waals surface area (Å²) in [5, 5.41) is 3.71. The van der Waals surface area contributed by atoms with Gasteiger partial charge in [0.2, 0.25) is 0 Å². The van der Waals surface area contributed by atoms with E-state index in [0.29, 0.717) is 0 Å². The zero-order valence-corrected chi connectivity index (χ0v) is 31.8. The van der Waals surface area contributed by atoms with E-state index in [1.54, 1.807) is 20.2 Å². The summed E-state index contributed by atoms with van der Waals surface area (Å²) >= 11 is 1.24. The lowest BCUT2D eigenvalue weighted by Gasteiger charge is -2.21. The molecule has 0 unspecified atom stereocenters. The van der Waals surface area contributed by atoms with Crippen molar-refractivity contribution < 1.29 is 47.8 Å². The number of primary amides is 1. The van der Waals surface area contributed by atoms with E-state index in [1.165, 1.54) is 81.2 Å². The molecule has 0 aromatic carbocycles. The Balaban J connectivity index is -0.0000000383. The summed E-state index contributed by atoms with van der Waals surface area (Å²) in [4.78, 5) is 74.6. The number of likely N-dealkylation sites (N-methyl/N-ethyl adjacent to an activating group) is 1. The van der Waals surface area contributed by atoms with Crippen LogP contribution in [-0.4, -0.2) is 153 Å². The number of ether oxygens (including phenoxy) is 3. The number of carbonyl (C=O) groups is 6. The molecule has 0 spiro atoms. The Labute approximate surface area is 308 Å². The lowest BCUT2D eigenvalue weighted by Crippen LogP contribution is -2.32. The van der Waals surface area contributed by atoms with Crippen molar-refractivity contribution in [3.8, 4) is 0 Å². The van der Waals surface area contributed by atoms with E-state index in [9.17, 15) is 24.0 Å². The molecule has 0 aromatic rings. The van der Waals surface area contributed by atoms with Crippen LogP contribution in [0.5, 0.6) is 0 Å². The van der Waals surface area contributed by atoms with Crippen LogP contribution >= 0.6 is 11.8 Å². The zero-order chi connectivity index (χ0) is 39.1. The average Bonchev–Trinajstić information content (AvgIpc) is 3.00. The molecular weight excluding hydrogens is 674 g/mol. The van der Waals surface area contributed by atoms with Crippen LogP contribution in [0.1, 0.15) is 63.8 Å². The molecule has 50 heavy (non-hydrogen) atoms. The summed E-state index contributed by atoms with van der Waals surface area (Å²) < 4.78 is 13.4. The van der Waals surface area contributed by atoms with Crippen LogP contribution in [0.4, 0.5) is 0 Å². The molecule has 1 heterocycles. The highest BCUT2D eigenvalue weighted by molar-refractivity contribution is 8.12. The number of carbonyl (C=O) groups excluding carboxylic acids is 6. The lowest BCUT2D eigenvalue weighted by atomic mass is 10.5. The van der Waals surface area contributed by atoms with Gasteiger partial charge >= 0.3 is 11.9 Å². The second kappa shape index (κ2) is 75.5. The summed E-state index contributed by atoms with van der Waals surface area (Å²) in [5.41, 5.74) is 10.1. The number of hydrogen-bond acceptors (Lipinski definition) is 17. The van der Waals surface area contributed by atoms with Gasteiger partial charge in [-0.15, -0.1) is 0 Å². The summed E-state index contributed by atoms with van der Waals surface area (Å²) in [5.74, 6) is -1.16. The Bertz CT molecular complexity index is 806. The van der Waals surface area contributed by atoms with Gasteiger partial charge in [0.15, 0.2) is 10.9 Å². The van der Waals surface area contributed by atoms with Crippen molar-refractivity contribution in [1.29, 1.82) is 0 Å². The normalized spacial score (nSPS) is 9.84. The number of thioether (sulfide) groups is 1. The van der Waals surface area contributed by atoms with E-state index in [0.717, 1.165) is 50.7 Å². The quantitative estimate of drug-likeness (QED) is 0.182. The van der Waals surface area contributed by atoms with E-state index in [2.05, 4.69) is 57.9 Å². The molecule has 0 aliphatic carbocycles. The number of nitrogens with zero attached hydrogens (tertiary/aromatic N) is 5. The SMILES string of the molecule is C.C.C.CC=O.CN.CN1CCOCC1.CN=CC(=O)OC.CN=CC(C)=O.CN=CC(N)=O.COC(C)=O.CON=C(C)C.CSC(C)=O. The monoisotopic (exact) mass is 748 g/mol. The van der Waals surface area contributed by atoms with E-state index in [4.69, 9.17) is 9.53 Å². The van der Waals surface area contributed by atoms with Crippen molar-refractivity contribution in [3.63, 3.8) is 0 Å². The number of rotatable bonds is 4. The second-order valence-electron chi connectivity index (χ2n) is 7.46. The largest absolute Gasteiger partial charge is 0.469 e. The van der Waals surface area contributed by atoms with Gasteiger partial charge in [-0.2, -0.15) is 0 Å². The minimum Gasteiger partial charge on any atom is -0.469 e. The summed E-state index contributed by atoms with van der Waals surface area (Å²) in [6, 6.07) is 0. The van der Waals surface area contributed by atoms with Crippen LogP contribution in [0.2, 0.25) is 0 Å². The first-order valence-electron chi connectivity index (χ1n) is 13.5. The van der Waals surface area contributed by atoms with Gasteiger partial charge in [0.05, 0.1) is 45.6 Å². The molecule has 1 aliphatic heterocycles. The number of hydrogen-bond donors (Lipinski definition) is 2. The fourth-order valence-electron chi connectivity index (χ4n) is 1.30. The molecule has 18 heteroatoms. The summed E-state index contributed by atoms with van der Waals surface area (Å²) in [6.45, 7) is 13.6. The molecule has 1 aliphatic rings. The minimum atomic E-state index is -0.502. The van der Waals surface area contributed by atoms with E-state index >= 15 is 0 Å². The molecule has 1 amide bonds. The molecule has 1 fully saturated rings. The van der Waals surface area contributed by atoms with Crippen molar-refractivity contribution in [2.24, 2.45) is 31.6 Å². The van der Waals surface area contributed by atoms with E-state index in [1.807, 2.05) is 13.8 Å². The number of morpholine rings is 1. The third kappa shape index (κ3) is 168. The zero-order valence-electron chi connectivity index (χ0n) is 31.0. The molecule has 1 rings (SSSR count). The highest BCUT2D eigenvalue weighted by Crippen LogP contribution is 1.90. The number of Topliss-reactive ketones (excluding diaryl/α,β-unsaturated/α-hetero) is 1. The predicted octanol–water partition coefficient (Wildman–Crippen LogP) is 3.05. The fourth-order valence-corrected chi connectivity index (χ4v) is 1.30. The number of amides is 1.